The summed E-state index contributed by atoms with van der Waals surface area (Å²) in [5.41, 5.74) is 11.7. The van der Waals surface area contributed by atoms with Gasteiger partial charge in [0, 0.05) is 125 Å². The van der Waals surface area contributed by atoms with Crippen molar-refractivity contribution in [3.63, 3.8) is 0 Å². The number of carbonyl (C=O) groups excluding carboxylic acids is 6. The van der Waals surface area contributed by atoms with Crippen LogP contribution in [0.2, 0.25) is 0 Å². The third-order valence-corrected chi connectivity index (χ3v) is 14.8. The molecule has 8 rings (SSSR count). The molecule has 0 aliphatic heterocycles. The number of carbonyl (C=O) groups is 6. The zero-order valence-corrected chi connectivity index (χ0v) is 59.0. The standard InChI is InChI=1S/C15H21NO4.C14H16N2O4.C13H19NO3.C13H17NO3.C8H14O5.C6H12O4.CH4/c1-4-20-14(17)11-9-10-7-5-6-8-12(10)16-13(11)15(18-2)19-3;1-4-20-13(17)10-8-9-6-5-7-15-12(9)16-11(10)14(18-2)19-3;2*1-16-13(17-2)12-10(8-15)7-9-5-3-4-6-11(9)14-12;1-4-13-7(10)5-6(9)8(11-2)12-3;1-4-10-5(7)6(8-2)9-3;/h9,15H,4-8H2,1-3H3;5-8,14H,4H2,1-3H3;7,13,15H,3-6,8H2,1-2H3;7-8,13H,3-6H2,1-2H3;8H,4-5H2,1-3H3;6H,4H2,1-3H3;1H4. The molecule has 0 aromatic carbocycles. The van der Waals surface area contributed by atoms with Crippen LogP contribution < -0.4 is 0 Å². The van der Waals surface area contributed by atoms with Crippen LogP contribution in [-0.2, 0) is 135 Å². The summed E-state index contributed by atoms with van der Waals surface area (Å²) in [6.45, 7) is 8.11. The molecule has 0 fully saturated rings. The molecule has 0 amide bonds. The molecule has 0 saturated heterocycles. The Labute approximate surface area is 575 Å². The molecule has 3 aliphatic rings. The number of nitrogens with zero attached hydrogens (tertiary/aromatic N) is 5. The zero-order valence-electron chi connectivity index (χ0n) is 59.0. The summed E-state index contributed by atoms with van der Waals surface area (Å²) in [4.78, 5) is 90.3. The molecule has 546 valence electrons. The minimum atomic E-state index is -0.982. The summed E-state index contributed by atoms with van der Waals surface area (Å²) in [7, 11) is 17.7. The van der Waals surface area contributed by atoms with E-state index in [1.807, 2.05) is 24.3 Å². The van der Waals surface area contributed by atoms with Gasteiger partial charge in [-0.15, -0.1) is 0 Å². The number of aliphatic hydroxyl groups is 1. The predicted octanol–water partition coefficient (Wildman–Crippen LogP) is 9.27. The molecule has 0 spiro atoms. The molecule has 28 nitrogen and oxygen atoms in total. The fraction of sp³-hybridized carbons (Fsp3) is 0.586. The van der Waals surface area contributed by atoms with E-state index in [0.29, 0.717) is 58.3 Å². The summed E-state index contributed by atoms with van der Waals surface area (Å²) in [5.74, 6) is -2.33. The molecule has 0 saturated carbocycles. The summed E-state index contributed by atoms with van der Waals surface area (Å²) < 4.78 is 79.6. The molecule has 3 aliphatic carbocycles. The van der Waals surface area contributed by atoms with E-state index >= 15 is 0 Å². The third-order valence-electron chi connectivity index (χ3n) is 14.8. The fourth-order valence-electron chi connectivity index (χ4n) is 10.3. The van der Waals surface area contributed by atoms with Crippen molar-refractivity contribution < 1.29 is 110 Å². The van der Waals surface area contributed by atoms with Crippen LogP contribution >= 0.6 is 0 Å². The Kier molecular flexibility index (Phi) is 42.9. The van der Waals surface area contributed by atoms with E-state index in [-0.39, 0.29) is 39.6 Å². The maximum atomic E-state index is 12.1. The average Bonchev–Trinajstić information content (AvgIpc) is 0.825. The maximum absolute atomic E-state index is 12.1. The first kappa shape index (κ1) is 86.8. The summed E-state index contributed by atoms with van der Waals surface area (Å²) in [5, 5.41) is 10.2. The van der Waals surface area contributed by atoms with E-state index in [0.717, 1.165) is 97.7 Å². The van der Waals surface area contributed by atoms with Crippen LogP contribution in [0.5, 0.6) is 0 Å². The monoisotopic (exact) mass is 1380 g/mol. The molecule has 5 aromatic heterocycles. The second-order valence-electron chi connectivity index (χ2n) is 21.1. The highest BCUT2D eigenvalue weighted by Gasteiger charge is 2.28. The summed E-state index contributed by atoms with van der Waals surface area (Å²) in [6.07, 6.45) is 10.7. The Morgan fingerprint density at radius 3 is 1.31 bits per heavy atom. The molecule has 28 heteroatoms. The van der Waals surface area contributed by atoms with E-state index in [1.54, 1.807) is 74.5 Å². The number of hydrogen-bond acceptors (Lipinski definition) is 28. The molecule has 0 unspecified atom stereocenters. The normalized spacial score (nSPS) is 12.7. The van der Waals surface area contributed by atoms with Crippen LogP contribution in [0.4, 0.5) is 0 Å². The van der Waals surface area contributed by atoms with Gasteiger partial charge in [0.05, 0.1) is 44.2 Å². The van der Waals surface area contributed by atoms with Crippen molar-refractivity contribution in [1.82, 2.24) is 24.9 Å². The molecule has 0 atom stereocenters. The molecule has 0 radical (unpaired) electrons. The van der Waals surface area contributed by atoms with Crippen LogP contribution in [0.15, 0.2) is 42.6 Å². The van der Waals surface area contributed by atoms with Crippen molar-refractivity contribution in [3.8, 4) is 0 Å². The zero-order chi connectivity index (χ0) is 71.8. The van der Waals surface area contributed by atoms with Crippen LogP contribution in [0.1, 0.15) is 198 Å². The first-order valence-corrected chi connectivity index (χ1v) is 31.8. The lowest BCUT2D eigenvalue weighted by Crippen LogP contribution is -2.27. The molecule has 98 heavy (non-hydrogen) atoms. The van der Waals surface area contributed by atoms with Crippen LogP contribution in [0.25, 0.3) is 11.0 Å². The number of aldehydes is 1. The molecular formula is C70H103N5O23. The van der Waals surface area contributed by atoms with Gasteiger partial charge in [0.15, 0.2) is 17.7 Å². The van der Waals surface area contributed by atoms with Crippen molar-refractivity contribution in [3.05, 3.63) is 121 Å². The topological polar surface area (TPSA) is 335 Å². The Morgan fingerprint density at radius 1 is 0.469 bits per heavy atom. The van der Waals surface area contributed by atoms with E-state index in [4.69, 9.17) is 47.4 Å². The molecule has 5 heterocycles. The van der Waals surface area contributed by atoms with Crippen LogP contribution in [0, 0.1) is 0 Å². The number of pyridine rings is 5. The van der Waals surface area contributed by atoms with Crippen molar-refractivity contribution in [1.29, 1.82) is 0 Å². The van der Waals surface area contributed by atoms with Crippen molar-refractivity contribution >= 4 is 47.0 Å². The van der Waals surface area contributed by atoms with E-state index in [9.17, 15) is 33.9 Å². The van der Waals surface area contributed by atoms with Crippen molar-refractivity contribution in [2.45, 2.75) is 163 Å². The first-order valence-electron chi connectivity index (χ1n) is 31.8. The number of ether oxygens (including phenoxy) is 16. The molecular weight excluding hydrogens is 1280 g/mol. The second-order valence-corrected chi connectivity index (χ2v) is 21.1. The summed E-state index contributed by atoms with van der Waals surface area (Å²) >= 11 is 0. The van der Waals surface area contributed by atoms with Gasteiger partial charge in [-0.3, -0.25) is 29.3 Å². The molecule has 1 N–H and O–H groups in total. The van der Waals surface area contributed by atoms with Gasteiger partial charge in [0.1, 0.15) is 29.2 Å². The highest BCUT2D eigenvalue weighted by molar-refractivity contribution is 5.97. The summed E-state index contributed by atoms with van der Waals surface area (Å²) in [6, 6.07) is 11.2. The smallest absolute Gasteiger partial charge is 0.363 e. The lowest BCUT2D eigenvalue weighted by atomic mass is 9.94. The number of methoxy groups -OCH3 is 12. The van der Waals surface area contributed by atoms with Crippen LogP contribution in [-0.4, -0.2) is 190 Å². The lowest BCUT2D eigenvalue weighted by Gasteiger charge is -2.21. The van der Waals surface area contributed by atoms with Gasteiger partial charge in [0.25, 0.3) is 6.29 Å². The van der Waals surface area contributed by atoms with E-state index in [1.165, 1.54) is 87.3 Å². The van der Waals surface area contributed by atoms with Gasteiger partial charge in [-0.2, -0.15) is 0 Å². The minimum absolute atomic E-state index is 0. The maximum Gasteiger partial charge on any atom is 0.363 e. The highest BCUT2D eigenvalue weighted by atomic mass is 16.7. The SMILES string of the molecule is C.CCOC(=O)C(OC)OC.CCOC(=O)CC(=O)C(OC)OC.CCOC(=O)c1cc2c(nc1C(OC)OC)CCCC2.CCOC(=O)c1cc2cccnc2nc1C(OC)OC.COC(OC)c1nc2c(cc1C=O)CCCC2.COC(OC)c1nc2c(cc1CO)CCCC2. The Morgan fingerprint density at radius 2 is 0.867 bits per heavy atom. The number of aliphatic hydroxyl groups excluding tert-OH is 1. The Bertz CT molecular complexity index is 3200. The lowest BCUT2D eigenvalue weighted by molar-refractivity contribution is -0.183. The number of fused-ring (bicyclic) bond motifs is 4. The number of Topliss-reactive ketones (excluding diaryl/α,β-unsaturated/α-hetero) is 1. The number of aryl methyl sites for hydroxylation is 6. The third kappa shape index (κ3) is 26.4. The van der Waals surface area contributed by atoms with Gasteiger partial charge in [-0.05, 0) is 158 Å². The quantitative estimate of drug-likeness (QED) is 0.0160. The Balaban J connectivity index is 0.000000405. The minimum Gasteiger partial charge on any atom is -0.466 e. The average molecular weight is 1380 g/mol. The predicted molar refractivity (Wildman–Crippen MR) is 358 cm³/mol. The van der Waals surface area contributed by atoms with Gasteiger partial charge < -0.3 is 80.9 Å². The van der Waals surface area contributed by atoms with Gasteiger partial charge in [-0.1, -0.05) is 7.43 Å². The number of hydrogen-bond donors (Lipinski definition) is 1. The largest absolute Gasteiger partial charge is 0.466 e. The fourth-order valence-corrected chi connectivity index (χ4v) is 10.3. The number of aromatic nitrogens is 5. The first-order chi connectivity index (χ1) is 46.9. The van der Waals surface area contributed by atoms with Crippen molar-refractivity contribution in [2.24, 2.45) is 0 Å². The number of esters is 4. The van der Waals surface area contributed by atoms with E-state index in [2.05, 4.69) is 53.3 Å². The number of ketones is 1. The number of rotatable bonds is 28. The molecule has 5 aromatic rings. The highest BCUT2D eigenvalue weighted by Crippen LogP contribution is 2.31. The molecule has 0 bridgehead atoms. The van der Waals surface area contributed by atoms with E-state index < -0.39 is 61.4 Å². The van der Waals surface area contributed by atoms with Crippen LogP contribution in [0.3, 0.4) is 0 Å². The van der Waals surface area contributed by atoms with Crippen molar-refractivity contribution in [2.75, 3.05) is 112 Å². The second kappa shape index (κ2) is 48.5. The van der Waals surface area contributed by atoms with Gasteiger partial charge >= 0.3 is 23.9 Å². The van der Waals surface area contributed by atoms with Gasteiger partial charge in [0.2, 0.25) is 31.5 Å². The Hall–Kier alpha value is -7.29. The van der Waals surface area contributed by atoms with Gasteiger partial charge in [-0.25, -0.2) is 24.4 Å².